The molecule has 0 bridgehead atoms. The minimum atomic E-state index is -4.43. The van der Waals surface area contributed by atoms with Crippen molar-refractivity contribution < 1.29 is 23.1 Å². The number of likely N-dealkylation sites (tertiary alicyclic amines) is 1. The van der Waals surface area contributed by atoms with Crippen LogP contribution in [0.4, 0.5) is 19.1 Å². The molecule has 2 aromatic rings. The van der Waals surface area contributed by atoms with Gasteiger partial charge in [0.2, 0.25) is 5.95 Å². The highest BCUT2D eigenvalue weighted by Gasteiger charge is 2.39. The van der Waals surface area contributed by atoms with Crippen molar-refractivity contribution in [3.05, 3.63) is 41.7 Å². The number of hydrogen-bond donors (Lipinski definition) is 2. The SMILES string of the molecule is CC(C)(O)C(=O)N1CCC[C@@H]1c1nc(N)ncc1-c1ccc(C(F)(F)F)cc1. The van der Waals surface area contributed by atoms with Crippen molar-refractivity contribution in [1.29, 1.82) is 0 Å². The highest BCUT2D eigenvalue weighted by atomic mass is 19.4. The topological polar surface area (TPSA) is 92.3 Å². The van der Waals surface area contributed by atoms with Crippen LogP contribution in [0, 0.1) is 0 Å². The summed E-state index contributed by atoms with van der Waals surface area (Å²) in [5.41, 5.74) is 4.89. The Morgan fingerprint density at radius 2 is 1.89 bits per heavy atom. The molecule has 3 N–H and O–H groups in total. The van der Waals surface area contributed by atoms with Crippen LogP contribution in [0.25, 0.3) is 11.1 Å². The zero-order valence-electron chi connectivity index (χ0n) is 15.5. The van der Waals surface area contributed by atoms with Crippen LogP contribution in [0.3, 0.4) is 0 Å². The van der Waals surface area contributed by atoms with E-state index in [1.54, 1.807) is 0 Å². The Hall–Kier alpha value is -2.68. The Balaban J connectivity index is 2.03. The number of carbonyl (C=O) groups is 1. The summed E-state index contributed by atoms with van der Waals surface area (Å²) in [7, 11) is 0. The molecule has 150 valence electrons. The Labute approximate surface area is 160 Å². The lowest BCUT2D eigenvalue weighted by molar-refractivity contribution is -0.149. The number of aliphatic hydroxyl groups is 1. The first-order valence-electron chi connectivity index (χ1n) is 8.82. The molecular formula is C19H21F3N4O2. The molecule has 1 fully saturated rings. The fourth-order valence-corrected chi connectivity index (χ4v) is 3.37. The van der Waals surface area contributed by atoms with Crippen LogP contribution >= 0.6 is 0 Å². The van der Waals surface area contributed by atoms with Gasteiger partial charge in [0.05, 0.1) is 17.3 Å². The van der Waals surface area contributed by atoms with Gasteiger partial charge in [0, 0.05) is 18.3 Å². The minimum Gasteiger partial charge on any atom is -0.381 e. The van der Waals surface area contributed by atoms with Crippen molar-refractivity contribution >= 4 is 11.9 Å². The summed E-state index contributed by atoms with van der Waals surface area (Å²) in [4.78, 5) is 22.4. The lowest BCUT2D eigenvalue weighted by Crippen LogP contribution is -2.45. The van der Waals surface area contributed by atoms with Crippen LogP contribution in [0.5, 0.6) is 0 Å². The molecule has 2 heterocycles. The number of anilines is 1. The maximum absolute atomic E-state index is 12.8. The van der Waals surface area contributed by atoms with Crippen molar-refractivity contribution in [1.82, 2.24) is 14.9 Å². The van der Waals surface area contributed by atoms with Crippen LogP contribution < -0.4 is 5.73 Å². The van der Waals surface area contributed by atoms with Crippen molar-refractivity contribution in [3.63, 3.8) is 0 Å². The number of amides is 1. The monoisotopic (exact) mass is 394 g/mol. The second-order valence-electron chi connectivity index (χ2n) is 7.32. The first-order valence-corrected chi connectivity index (χ1v) is 8.82. The highest BCUT2D eigenvalue weighted by molar-refractivity contribution is 5.85. The summed E-state index contributed by atoms with van der Waals surface area (Å²) in [6.45, 7) is 3.27. The summed E-state index contributed by atoms with van der Waals surface area (Å²) >= 11 is 0. The van der Waals surface area contributed by atoms with Gasteiger partial charge in [0.25, 0.3) is 5.91 Å². The van der Waals surface area contributed by atoms with Crippen LogP contribution in [0.15, 0.2) is 30.5 Å². The number of aromatic nitrogens is 2. The van der Waals surface area contributed by atoms with Gasteiger partial charge >= 0.3 is 6.18 Å². The zero-order chi connectivity index (χ0) is 20.7. The zero-order valence-corrected chi connectivity index (χ0v) is 15.5. The molecule has 1 atom stereocenters. The van der Waals surface area contributed by atoms with E-state index in [-0.39, 0.29) is 5.95 Å². The molecule has 0 spiro atoms. The molecule has 1 aromatic heterocycles. The van der Waals surface area contributed by atoms with Gasteiger partial charge in [-0.05, 0) is 44.4 Å². The third-order valence-corrected chi connectivity index (χ3v) is 4.71. The maximum Gasteiger partial charge on any atom is 0.416 e. The van der Waals surface area contributed by atoms with E-state index in [0.717, 1.165) is 12.1 Å². The Bertz CT molecular complexity index is 876. The number of hydrogen-bond acceptors (Lipinski definition) is 5. The maximum atomic E-state index is 12.8. The number of nitrogen functional groups attached to an aromatic ring is 1. The largest absolute Gasteiger partial charge is 0.416 e. The molecule has 3 rings (SSSR count). The quantitative estimate of drug-likeness (QED) is 0.834. The number of halogens is 3. The lowest BCUT2D eigenvalue weighted by atomic mass is 9.98. The number of nitrogens with two attached hydrogens (primary N) is 1. The van der Waals surface area contributed by atoms with E-state index in [0.29, 0.717) is 36.2 Å². The molecule has 0 saturated carbocycles. The molecule has 1 aliphatic rings. The van der Waals surface area contributed by atoms with Crippen LogP contribution in [0.1, 0.15) is 44.0 Å². The van der Waals surface area contributed by atoms with Crippen LogP contribution in [-0.2, 0) is 11.0 Å². The predicted molar refractivity (Wildman–Crippen MR) is 96.9 cm³/mol. The number of rotatable bonds is 3. The van der Waals surface area contributed by atoms with Crippen LogP contribution in [0.2, 0.25) is 0 Å². The molecule has 1 amide bonds. The molecule has 0 aliphatic carbocycles. The van der Waals surface area contributed by atoms with E-state index in [1.807, 2.05) is 0 Å². The highest BCUT2D eigenvalue weighted by Crippen LogP contribution is 2.38. The number of nitrogens with zero attached hydrogens (tertiary/aromatic N) is 3. The van der Waals surface area contributed by atoms with E-state index in [1.165, 1.54) is 37.1 Å². The minimum absolute atomic E-state index is 0.00761. The molecule has 9 heteroatoms. The average Bonchev–Trinajstić information content (AvgIpc) is 3.09. The lowest BCUT2D eigenvalue weighted by Gasteiger charge is -2.30. The van der Waals surface area contributed by atoms with Gasteiger partial charge in [-0.1, -0.05) is 12.1 Å². The van der Waals surface area contributed by atoms with Gasteiger partial charge in [-0.2, -0.15) is 13.2 Å². The third-order valence-electron chi connectivity index (χ3n) is 4.71. The Kier molecular flexibility index (Phi) is 5.05. The van der Waals surface area contributed by atoms with Crippen LogP contribution in [-0.4, -0.2) is 38.0 Å². The molecule has 1 aromatic carbocycles. The molecule has 0 radical (unpaired) electrons. The normalized spacial score (nSPS) is 17.8. The Morgan fingerprint density at radius 1 is 1.25 bits per heavy atom. The average molecular weight is 394 g/mol. The molecule has 28 heavy (non-hydrogen) atoms. The van der Waals surface area contributed by atoms with Gasteiger partial charge in [-0.25, -0.2) is 9.97 Å². The van der Waals surface area contributed by atoms with Gasteiger partial charge in [0.1, 0.15) is 5.60 Å². The van der Waals surface area contributed by atoms with Crippen molar-refractivity contribution in [3.8, 4) is 11.1 Å². The standard InChI is InChI=1S/C19H21F3N4O2/c1-18(2,28)16(27)26-9-3-4-14(26)15-13(10-24-17(23)25-15)11-5-7-12(8-6-11)19(20,21)22/h5-8,10,14,28H,3-4,9H2,1-2H3,(H2,23,24,25)/t14-/m1/s1. The number of carbonyl (C=O) groups excluding carboxylic acids is 1. The van der Waals surface area contributed by atoms with E-state index >= 15 is 0 Å². The fraction of sp³-hybridized carbons (Fsp3) is 0.421. The van der Waals surface area contributed by atoms with Gasteiger partial charge in [-0.15, -0.1) is 0 Å². The van der Waals surface area contributed by atoms with Gasteiger partial charge in [0.15, 0.2) is 0 Å². The van der Waals surface area contributed by atoms with E-state index < -0.39 is 29.3 Å². The summed E-state index contributed by atoms with van der Waals surface area (Å²) < 4.78 is 38.5. The smallest absolute Gasteiger partial charge is 0.381 e. The van der Waals surface area contributed by atoms with E-state index in [2.05, 4.69) is 9.97 Å². The number of alkyl halides is 3. The second kappa shape index (κ2) is 7.05. The molecule has 6 nitrogen and oxygen atoms in total. The van der Waals surface area contributed by atoms with Crippen molar-refractivity contribution in [2.75, 3.05) is 12.3 Å². The predicted octanol–water partition coefficient (Wildman–Crippen LogP) is 3.18. The molecule has 1 saturated heterocycles. The first-order chi connectivity index (χ1) is 13.0. The number of benzene rings is 1. The summed E-state index contributed by atoms with van der Waals surface area (Å²) in [5.74, 6) is -0.432. The Morgan fingerprint density at radius 3 is 2.46 bits per heavy atom. The summed E-state index contributed by atoms with van der Waals surface area (Å²) in [6.07, 6.45) is -1.67. The first kappa shape index (κ1) is 20.1. The van der Waals surface area contributed by atoms with E-state index in [4.69, 9.17) is 5.73 Å². The molecule has 0 unspecified atom stereocenters. The van der Waals surface area contributed by atoms with E-state index in [9.17, 15) is 23.1 Å². The van der Waals surface area contributed by atoms with Gasteiger partial charge < -0.3 is 15.7 Å². The fourth-order valence-electron chi connectivity index (χ4n) is 3.37. The van der Waals surface area contributed by atoms with Crippen molar-refractivity contribution in [2.45, 2.75) is 44.5 Å². The summed E-state index contributed by atoms with van der Waals surface area (Å²) in [6, 6.07) is 4.23. The van der Waals surface area contributed by atoms with Gasteiger partial charge in [-0.3, -0.25) is 4.79 Å². The third kappa shape index (κ3) is 3.94. The molecule has 1 aliphatic heterocycles. The summed E-state index contributed by atoms with van der Waals surface area (Å²) in [5, 5.41) is 10.1. The van der Waals surface area contributed by atoms with Crippen molar-refractivity contribution in [2.24, 2.45) is 0 Å². The molecular weight excluding hydrogens is 373 g/mol. The second-order valence-corrected chi connectivity index (χ2v) is 7.32.